The summed E-state index contributed by atoms with van der Waals surface area (Å²) in [5, 5.41) is 8.38. The number of hydrazone groups is 1. The van der Waals surface area contributed by atoms with Crippen LogP contribution in [0.2, 0.25) is 0 Å². The Balaban J connectivity index is 1.30. The van der Waals surface area contributed by atoms with Crippen molar-refractivity contribution in [2.75, 3.05) is 17.5 Å². The Morgan fingerprint density at radius 2 is 1.97 bits per heavy atom. The number of halogens is 1. The van der Waals surface area contributed by atoms with Gasteiger partial charge in [0.25, 0.3) is 0 Å². The third-order valence-electron chi connectivity index (χ3n) is 6.86. The lowest BCUT2D eigenvalue weighted by atomic mass is 9.76. The number of hydrogen-bond donors (Lipinski definition) is 2. The molecule has 1 aliphatic carbocycles. The van der Waals surface area contributed by atoms with Crippen molar-refractivity contribution >= 4 is 33.1 Å². The van der Waals surface area contributed by atoms with Crippen molar-refractivity contribution in [3.8, 4) is 11.5 Å². The SMILES string of the molecule is C/C(=N\Nc1ccc(C)cn1)c1ccc2c(c1)[C@@H]1C=CC[C@@H]1[C@H](c1cc3c(cc1Br)OCO3)N2. The monoisotopic (exact) mass is 516 g/mol. The molecule has 0 amide bonds. The molecule has 3 atom stereocenters. The molecule has 0 spiro atoms. The van der Waals surface area contributed by atoms with Gasteiger partial charge in [-0.2, -0.15) is 5.10 Å². The smallest absolute Gasteiger partial charge is 0.231 e. The summed E-state index contributed by atoms with van der Waals surface area (Å²) in [5.41, 5.74) is 9.89. The van der Waals surface area contributed by atoms with E-state index in [1.807, 2.05) is 38.2 Å². The van der Waals surface area contributed by atoms with Gasteiger partial charge in [-0.3, -0.25) is 5.43 Å². The Kier molecular flexibility index (Phi) is 5.29. The first kappa shape index (κ1) is 21.2. The molecule has 2 aromatic carbocycles. The maximum atomic E-state index is 5.66. The molecule has 172 valence electrons. The van der Waals surface area contributed by atoms with Gasteiger partial charge >= 0.3 is 0 Å². The summed E-state index contributed by atoms with van der Waals surface area (Å²) in [7, 11) is 0. The predicted molar refractivity (Wildman–Crippen MR) is 138 cm³/mol. The van der Waals surface area contributed by atoms with E-state index in [0.29, 0.717) is 11.8 Å². The molecule has 0 unspecified atom stereocenters. The number of hydrogen-bond acceptors (Lipinski definition) is 6. The van der Waals surface area contributed by atoms with Gasteiger partial charge in [0.15, 0.2) is 11.5 Å². The zero-order chi connectivity index (χ0) is 23.2. The first-order valence-electron chi connectivity index (χ1n) is 11.5. The second-order valence-electron chi connectivity index (χ2n) is 9.03. The van der Waals surface area contributed by atoms with Gasteiger partial charge < -0.3 is 14.8 Å². The van der Waals surface area contributed by atoms with Gasteiger partial charge in [-0.25, -0.2) is 4.98 Å². The van der Waals surface area contributed by atoms with Crippen LogP contribution in [-0.4, -0.2) is 17.5 Å². The van der Waals surface area contributed by atoms with E-state index in [-0.39, 0.29) is 12.8 Å². The fourth-order valence-electron chi connectivity index (χ4n) is 5.04. The normalized spacial score (nSPS) is 22.2. The summed E-state index contributed by atoms with van der Waals surface area (Å²) in [6.07, 6.45) is 7.51. The lowest BCUT2D eigenvalue weighted by Gasteiger charge is -2.38. The molecular weight excluding hydrogens is 492 g/mol. The van der Waals surface area contributed by atoms with E-state index in [1.165, 1.54) is 11.1 Å². The summed E-state index contributed by atoms with van der Waals surface area (Å²) in [6.45, 7) is 4.32. The first-order chi connectivity index (χ1) is 16.6. The molecule has 1 aromatic heterocycles. The van der Waals surface area contributed by atoms with Gasteiger partial charge in [-0.15, -0.1) is 0 Å². The summed E-state index contributed by atoms with van der Waals surface area (Å²) in [6, 6.07) is 14.8. The van der Waals surface area contributed by atoms with Crippen LogP contribution >= 0.6 is 15.9 Å². The van der Waals surface area contributed by atoms with Crippen molar-refractivity contribution in [1.29, 1.82) is 0 Å². The minimum Gasteiger partial charge on any atom is -0.454 e. The second kappa shape index (κ2) is 8.47. The number of fused-ring (bicyclic) bond motifs is 4. The molecule has 3 heterocycles. The highest BCUT2D eigenvalue weighted by Crippen LogP contribution is 2.52. The van der Waals surface area contributed by atoms with Gasteiger partial charge in [-0.1, -0.05) is 40.2 Å². The van der Waals surface area contributed by atoms with Crippen LogP contribution in [0.3, 0.4) is 0 Å². The van der Waals surface area contributed by atoms with E-state index < -0.39 is 0 Å². The molecule has 2 N–H and O–H groups in total. The topological polar surface area (TPSA) is 67.8 Å². The Hall–Kier alpha value is -3.32. The van der Waals surface area contributed by atoms with E-state index in [4.69, 9.17) is 9.47 Å². The number of ether oxygens (including phenoxy) is 2. The van der Waals surface area contributed by atoms with Crippen molar-refractivity contribution in [3.63, 3.8) is 0 Å². The molecule has 3 aliphatic rings. The summed E-state index contributed by atoms with van der Waals surface area (Å²) in [5.74, 6) is 3.11. The largest absolute Gasteiger partial charge is 0.454 e. The van der Waals surface area contributed by atoms with E-state index in [9.17, 15) is 0 Å². The highest BCUT2D eigenvalue weighted by molar-refractivity contribution is 9.10. The zero-order valence-electron chi connectivity index (χ0n) is 19.0. The minimum atomic E-state index is 0.172. The Morgan fingerprint density at radius 3 is 2.79 bits per heavy atom. The van der Waals surface area contributed by atoms with Gasteiger partial charge in [0.2, 0.25) is 6.79 Å². The number of rotatable bonds is 4. The third-order valence-corrected chi connectivity index (χ3v) is 7.54. The highest BCUT2D eigenvalue weighted by Gasteiger charge is 2.39. The molecule has 34 heavy (non-hydrogen) atoms. The van der Waals surface area contributed by atoms with Crippen LogP contribution in [-0.2, 0) is 0 Å². The third kappa shape index (κ3) is 3.74. The maximum absolute atomic E-state index is 5.66. The first-order valence-corrected chi connectivity index (χ1v) is 12.3. The van der Waals surface area contributed by atoms with Crippen molar-refractivity contribution < 1.29 is 9.47 Å². The Labute approximate surface area is 207 Å². The lowest BCUT2D eigenvalue weighted by Crippen LogP contribution is -2.29. The summed E-state index contributed by atoms with van der Waals surface area (Å²) in [4.78, 5) is 4.37. The number of nitrogens with one attached hydrogen (secondary N) is 2. The Bertz CT molecular complexity index is 1320. The molecule has 0 saturated heterocycles. The fraction of sp³-hybridized carbons (Fsp3) is 0.259. The average molecular weight is 517 g/mol. The second-order valence-corrected chi connectivity index (χ2v) is 9.89. The van der Waals surface area contributed by atoms with Gasteiger partial charge in [0.1, 0.15) is 5.82 Å². The number of benzene rings is 2. The average Bonchev–Trinajstić information content (AvgIpc) is 3.52. The van der Waals surface area contributed by atoms with Gasteiger partial charge in [0, 0.05) is 22.3 Å². The van der Waals surface area contributed by atoms with E-state index in [1.54, 1.807) is 0 Å². The van der Waals surface area contributed by atoms with E-state index in [2.05, 4.69) is 73.2 Å². The fourth-order valence-corrected chi connectivity index (χ4v) is 5.61. The van der Waals surface area contributed by atoms with Crippen LogP contribution < -0.4 is 20.2 Å². The molecular formula is C27H25BrN4O2. The van der Waals surface area contributed by atoms with Crippen LogP contribution in [0.15, 0.2) is 70.4 Å². The molecule has 0 saturated carbocycles. The summed E-state index contributed by atoms with van der Waals surface area (Å²) >= 11 is 3.77. The number of allylic oxidation sites excluding steroid dienone is 2. The van der Waals surface area contributed by atoms with Crippen LogP contribution in [0.25, 0.3) is 0 Å². The number of aryl methyl sites for hydroxylation is 1. The number of anilines is 2. The highest BCUT2D eigenvalue weighted by atomic mass is 79.9. The number of nitrogens with zero attached hydrogens (tertiary/aromatic N) is 2. The lowest BCUT2D eigenvalue weighted by molar-refractivity contribution is 0.174. The molecule has 6 rings (SSSR count). The quantitative estimate of drug-likeness (QED) is 0.234. The molecule has 7 heteroatoms. The van der Waals surface area contributed by atoms with Crippen molar-refractivity contribution in [3.05, 3.63) is 87.5 Å². The van der Waals surface area contributed by atoms with Crippen molar-refractivity contribution in [2.24, 2.45) is 11.0 Å². The number of pyridine rings is 1. The Morgan fingerprint density at radius 1 is 1.12 bits per heavy atom. The molecule has 6 nitrogen and oxygen atoms in total. The van der Waals surface area contributed by atoms with Crippen LogP contribution in [0.5, 0.6) is 11.5 Å². The van der Waals surface area contributed by atoms with Crippen LogP contribution in [0.1, 0.15) is 47.6 Å². The van der Waals surface area contributed by atoms with Gasteiger partial charge in [-0.05, 0) is 78.8 Å². The van der Waals surface area contributed by atoms with Crippen molar-refractivity contribution in [1.82, 2.24) is 4.98 Å². The number of aromatic nitrogens is 1. The van der Waals surface area contributed by atoms with Crippen LogP contribution in [0, 0.1) is 12.8 Å². The van der Waals surface area contributed by atoms with E-state index >= 15 is 0 Å². The standard InChI is InChI=1S/C27H25BrN4O2/c1-15-6-9-26(29-13-15)32-31-16(2)17-7-8-23-20(10-17)18-4-3-5-19(18)27(30-23)21-11-24-25(12-22(21)28)34-14-33-24/h3-4,6-13,18-19,27,30H,5,14H2,1-2H3,(H,29,32)/b31-16+/t18-,19+,27-/m1/s1. The maximum Gasteiger partial charge on any atom is 0.231 e. The minimum absolute atomic E-state index is 0.172. The summed E-state index contributed by atoms with van der Waals surface area (Å²) < 4.78 is 12.2. The molecule has 0 bridgehead atoms. The van der Waals surface area contributed by atoms with E-state index in [0.717, 1.165) is 50.7 Å². The predicted octanol–water partition coefficient (Wildman–Crippen LogP) is 6.54. The zero-order valence-corrected chi connectivity index (χ0v) is 20.6. The molecule has 3 aromatic rings. The van der Waals surface area contributed by atoms with Crippen molar-refractivity contribution in [2.45, 2.75) is 32.2 Å². The molecule has 0 fully saturated rings. The molecule has 2 aliphatic heterocycles. The van der Waals surface area contributed by atoms with Gasteiger partial charge in [0.05, 0.1) is 11.8 Å². The molecule has 0 radical (unpaired) electrons. The van der Waals surface area contributed by atoms with Crippen LogP contribution in [0.4, 0.5) is 11.5 Å².